The van der Waals surface area contributed by atoms with Gasteiger partial charge in [-0.3, -0.25) is 0 Å². The molecule has 0 atom stereocenters. The molecule has 0 amide bonds. The summed E-state index contributed by atoms with van der Waals surface area (Å²) < 4.78 is 0. The van der Waals surface area contributed by atoms with Gasteiger partial charge in [0.05, 0.1) is 0 Å². The van der Waals surface area contributed by atoms with Gasteiger partial charge in [-0.05, 0) is 95.2 Å². The quantitative estimate of drug-likeness (QED) is 0.376. The standard InChI is InChI=1S/C30H37N/c1-7-29(3,4)24-12-17-26(18-13-24)31(28-16-11-22-9-10-23(22)21-28)27-19-14-25(15-20-27)30(5,6)8-2/h11-21H,7-10H2,1-6H3. The number of benzene rings is 3. The maximum atomic E-state index is 2.41. The summed E-state index contributed by atoms with van der Waals surface area (Å²) in [5, 5.41) is 0. The molecule has 3 aromatic rings. The second-order valence-corrected chi connectivity index (χ2v) is 10.4. The molecule has 0 fully saturated rings. The highest BCUT2D eigenvalue weighted by atomic mass is 15.1. The lowest BCUT2D eigenvalue weighted by atomic mass is 9.82. The first-order valence-electron chi connectivity index (χ1n) is 11.9. The van der Waals surface area contributed by atoms with Crippen LogP contribution >= 0.6 is 0 Å². The van der Waals surface area contributed by atoms with Crippen LogP contribution in [-0.4, -0.2) is 0 Å². The minimum absolute atomic E-state index is 0.201. The van der Waals surface area contributed by atoms with Gasteiger partial charge in [0.25, 0.3) is 0 Å². The van der Waals surface area contributed by atoms with Crippen LogP contribution in [-0.2, 0) is 23.7 Å². The van der Waals surface area contributed by atoms with E-state index in [9.17, 15) is 0 Å². The largest absolute Gasteiger partial charge is 0.310 e. The monoisotopic (exact) mass is 411 g/mol. The highest BCUT2D eigenvalue weighted by molar-refractivity contribution is 5.77. The van der Waals surface area contributed by atoms with Gasteiger partial charge in [0.1, 0.15) is 0 Å². The van der Waals surface area contributed by atoms with Crippen LogP contribution in [0.4, 0.5) is 17.1 Å². The molecule has 0 aliphatic heterocycles. The lowest BCUT2D eigenvalue weighted by molar-refractivity contribution is 0.506. The summed E-state index contributed by atoms with van der Waals surface area (Å²) in [5.74, 6) is 0. The molecule has 31 heavy (non-hydrogen) atoms. The summed E-state index contributed by atoms with van der Waals surface area (Å²) in [4.78, 5) is 2.41. The van der Waals surface area contributed by atoms with Crippen LogP contribution in [0, 0.1) is 0 Å². The topological polar surface area (TPSA) is 3.24 Å². The molecule has 0 bridgehead atoms. The molecule has 0 radical (unpaired) electrons. The Bertz CT molecular complexity index is 979. The summed E-state index contributed by atoms with van der Waals surface area (Å²) in [5.41, 5.74) is 9.89. The van der Waals surface area contributed by atoms with Crippen molar-refractivity contribution in [1.82, 2.24) is 0 Å². The second kappa shape index (κ2) is 8.19. The van der Waals surface area contributed by atoms with Crippen LogP contribution in [0.3, 0.4) is 0 Å². The van der Waals surface area contributed by atoms with Gasteiger partial charge in [-0.1, -0.05) is 71.9 Å². The molecule has 0 spiro atoms. The molecule has 1 nitrogen and oxygen atoms in total. The minimum Gasteiger partial charge on any atom is -0.310 e. The Labute approximate surface area is 189 Å². The van der Waals surface area contributed by atoms with Gasteiger partial charge < -0.3 is 4.90 Å². The van der Waals surface area contributed by atoms with Gasteiger partial charge >= 0.3 is 0 Å². The molecule has 0 N–H and O–H groups in total. The lowest BCUT2D eigenvalue weighted by Crippen LogP contribution is -2.17. The summed E-state index contributed by atoms with van der Waals surface area (Å²) in [6.45, 7) is 13.8. The van der Waals surface area contributed by atoms with E-state index in [1.54, 1.807) is 0 Å². The normalized spacial score (nSPS) is 13.5. The van der Waals surface area contributed by atoms with Crippen LogP contribution in [0.15, 0.2) is 66.7 Å². The van der Waals surface area contributed by atoms with Crippen LogP contribution in [0.2, 0.25) is 0 Å². The van der Waals surface area contributed by atoms with E-state index in [4.69, 9.17) is 0 Å². The molecular formula is C30H37N. The van der Waals surface area contributed by atoms with Crippen LogP contribution in [0.25, 0.3) is 0 Å². The van der Waals surface area contributed by atoms with Crippen LogP contribution in [0.5, 0.6) is 0 Å². The fourth-order valence-corrected chi connectivity index (χ4v) is 4.30. The first kappa shape index (κ1) is 21.7. The van der Waals surface area contributed by atoms with Crippen molar-refractivity contribution in [2.45, 2.75) is 78.1 Å². The summed E-state index contributed by atoms with van der Waals surface area (Å²) in [6.07, 6.45) is 4.69. The fourth-order valence-electron chi connectivity index (χ4n) is 4.30. The molecule has 162 valence electrons. The van der Waals surface area contributed by atoms with Gasteiger partial charge in [-0.2, -0.15) is 0 Å². The zero-order chi connectivity index (χ0) is 22.2. The van der Waals surface area contributed by atoms with Crippen molar-refractivity contribution in [2.75, 3.05) is 4.90 Å². The van der Waals surface area contributed by atoms with Crippen molar-refractivity contribution < 1.29 is 0 Å². The van der Waals surface area contributed by atoms with E-state index in [1.165, 1.54) is 52.2 Å². The Kier molecular flexibility index (Phi) is 5.73. The number of hydrogen-bond acceptors (Lipinski definition) is 1. The third-order valence-electron chi connectivity index (χ3n) is 7.69. The third kappa shape index (κ3) is 4.15. The number of anilines is 3. The number of rotatable bonds is 7. The molecule has 4 rings (SSSR count). The smallest absolute Gasteiger partial charge is 0.0464 e. The first-order valence-corrected chi connectivity index (χ1v) is 11.9. The SMILES string of the molecule is CCC(C)(C)c1ccc(N(c2ccc(C(C)(C)CC)cc2)c2ccc3c(c2)CC3)cc1. The molecule has 0 saturated carbocycles. The molecule has 0 heterocycles. The van der Waals surface area contributed by atoms with Crippen molar-refractivity contribution in [3.05, 3.63) is 89.0 Å². The molecule has 1 aliphatic rings. The van der Waals surface area contributed by atoms with E-state index >= 15 is 0 Å². The van der Waals surface area contributed by atoms with Crippen molar-refractivity contribution in [3.8, 4) is 0 Å². The van der Waals surface area contributed by atoms with Crippen LogP contribution < -0.4 is 4.90 Å². The molecule has 0 unspecified atom stereocenters. The number of aryl methyl sites for hydroxylation is 2. The van der Waals surface area contributed by atoms with E-state index in [0.717, 1.165) is 12.8 Å². The maximum Gasteiger partial charge on any atom is 0.0464 e. The van der Waals surface area contributed by atoms with Gasteiger partial charge in [0.2, 0.25) is 0 Å². The van der Waals surface area contributed by atoms with E-state index in [2.05, 4.69) is 113 Å². The lowest BCUT2D eigenvalue weighted by Gasteiger charge is -2.30. The molecule has 1 aliphatic carbocycles. The minimum atomic E-state index is 0.201. The van der Waals surface area contributed by atoms with Crippen molar-refractivity contribution >= 4 is 17.1 Å². The van der Waals surface area contributed by atoms with E-state index in [-0.39, 0.29) is 10.8 Å². The molecule has 1 heteroatoms. The summed E-state index contributed by atoms with van der Waals surface area (Å²) >= 11 is 0. The zero-order valence-corrected chi connectivity index (χ0v) is 20.1. The highest BCUT2D eigenvalue weighted by Crippen LogP contribution is 2.39. The molecule has 0 aromatic heterocycles. The molecule has 3 aromatic carbocycles. The van der Waals surface area contributed by atoms with Gasteiger partial charge in [-0.15, -0.1) is 0 Å². The Morgan fingerprint density at radius 3 is 1.35 bits per heavy atom. The van der Waals surface area contributed by atoms with Gasteiger partial charge in [0.15, 0.2) is 0 Å². The average Bonchev–Trinajstić information content (AvgIpc) is 2.76. The Morgan fingerprint density at radius 2 is 1.00 bits per heavy atom. The first-order chi connectivity index (χ1) is 14.7. The third-order valence-corrected chi connectivity index (χ3v) is 7.69. The Balaban J connectivity index is 1.76. The fraction of sp³-hybridized carbons (Fsp3) is 0.400. The van der Waals surface area contributed by atoms with E-state index in [0.29, 0.717) is 0 Å². The van der Waals surface area contributed by atoms with Gasteiger partial charge in [0, 0.05) is 17.1 Å². The van der Waals surface area contributed by atoms with Crippen molar-refractivity contribution in [3.63, 3.8) is 0 Å². The summed E-state index contributed by atoms with van der Waals surface area (Å²) in [6, 6.07) is 25.4. The maximum absolute atomic E-state index is 2.41. The van der Waals surface area contributed by atoms with Gasteiger partial charge in [-0.25, -0.2) is 0 Å². The predicted molar refractivity (Wildman–Crippen MR) is 135 cm³/mol. The molecule has 0 saturated heterocycles. The number of hydrogen-bond donors (Lipinski definition) is 0. The van der Waals surface area contributed by atoms with Crippen molar-refractivity contribution in [2.24, 2.45) is 0 Å². The Hall–Kier alpha value is -2.54. The zero-order valence-electron chi connectivity index (χ0n) is 20.1. The van der Waals surface area contributed by atoms with Crippen LogP contribution in [0.1, 0.15) is 76.6 Å². The predicted octanol–water partition coefficient (Wildman–Crippen LogP) is 8.63. The number of fused-ring (bicyclic) bond motifs is 1. The summed E-state index contributed by atoms with van der Waals surface area (Å²) in [7, 11) is 0. The highest BCUT2D eigenvalue weighted by Gasteiger charge is 2.22. The van der Waals surface area contributed by atoms with E-state index < -0.39 is 0 Å². The average molecular weight is 412 g/mol. The van der Waals surface area contributed by atoms with Crippen molar-refractivity contribution in [1.29, 1.82) is 0 Å². The molecular weight excluding hydrogens is 374 g/mol. The second-order valence-electron chi connectivity index (χ2n) is 10.4. The van der Waals surface area contributed by atoms with E-state index in [1.807, 2.05) is 0 Å². The Morgan fingerprint density at radius 1 is 0.581 bits per heavy atom. The number of nitrogens with zero attached hydrogens (tertiary/aromatic N) is 1.